The maximum absolute atomic E-state index is 12.3. The molecule has 0 saturated heterocycles. The fourth-order valence-electron chi connectivity index (χ4n) is 1.55. The molecule has 18 heavy (non-hydrogen) atoms. The van der Waals surface area contributed by atoms with Gasteiger partial charge in [0.2, 0.25) is 0 Å². The fourth-order valence-corrected chi connectivity index (χ4v) is 1.92. The van der Waals surface area contributed by atoms with Crippen LogP contribution in [0.2, 0.25) is 0 Å². The van der Waals surface area contributed by atoms with E-state index in [-0.39, 0.29) is 12.1 Å². The SMILES string of the molecule is CCN(CC(F)(F)F)C(=O)c1cccc(Br)c1C. The molecule has 0 unspecified atom stereocenters. The smallest absolute Gasteiger partial charge is 0.330 e. The van der Waals surface area contributed by atoms with Crippen LogP contribution in [0.15, 0.2) is 22.7 Å². The molecule has 0 fully saturated rings. The van der Waals surface area contributed by atoms with E-state index < -0.39 is 18.6 Å². The van der Waals surface area contributed by atoms with Gasteiger partial charge in [0.1, 0.15) is 6.54 Å². The number of nitrogens with zero attached hydrogens (tertiary/aromatic N) is 1. The predicted molar refractivity (Wildman–Crippen MR) is 66.5 cm³/mol. The number of hydrogen-bond acceptors (Lipinski definition) is 1. The van der Waals surface area contributed by atoms with Gasteiger partial charge < -0.3 is 4.90 Å². The minimum atomic E-state index is -4.38. The Balaban J connectivity index is 3.01. The highest BCUT2D eigenvalue weighted by atomic mass is 79.9. The molecule has 1 rings (SSSR count). The summed E-state index contributed by atoms with van der Waals surface area (Å²) < 4.78 is 37.7. The topological polar surface area (TPSA) is 20.3 Å². The zero-order valence-electron chi connectivity index (χ0n) is 10.0. The first kappa shape index (κ1) is 15.0. The van der Waals surface area contributed by atoms with Crippen molar-refractivity contribution in [3.63, 3.8) is 0 Å². The monoisotopic (exact) mass is 323 g/mol. The highest BCUT2D eigenvalue weighted by molar-refractivity contribution is 9.10. The first-order chi connectivity index (χ1) is 8.26. The first-order valence-electron chi connectivity index (χ1n) is 5.37. The molecule has 0 aliphatic rings. The van der Waals surface area contributed by atoms with Crippen molar-refractivity contribution < 1.29 is 18.0 Å². The van der Waals surface area contributed by atoms with Crippen LogP contribution in [0.25, 0.3) is 0 Å². The summed E-state index contributed by atoms with van der Waals surface area (Å²) in [5, 5.41) is 0. The molecule has 0 heterocycles. The molecule has 0 aliphatic heterocycles. The van der Waals surface area contributed by atoms with Crippen LogP contribution in [0, 0.1) is 6.92 Å². The van der Waals surface area contributed by atoms with Crippen molar-refractivity contribution in [3.8, 4) is 0 Å². The lowest BCUT2D eigenvalue weighted by Gasteiger charge is -2.23. The summed E-state index contributed by atoms with van der Waals surface area (Å²) in [6.45, 7) is 2.01. The third-order valence-electron chi connectivity index (χ3n) is 2.54. The quantitative estimate of drug-likeness (QED) is 0.829. The van der Waals surface area contributed by atoms with Crippen molar-refractivity contribution in [2.75, 3.05) is 13.1 Å². The average molecular weight is 324 g/mol. The number of carbonyl (C=O) groups is 1. The largest absolute Gasteiger partial charge is 0.406 e. The van der Waals surface area contributed by atoms with E-state index >= 15 is 0 Å². The van der Waals surface area contributed by atoms with Crippen molar-refractivity contribution in [3.05, 3.63) is 33.8 Å². The molecular weight excluding hydrogens is 311 g/mol. The zero-order valence-corrected chi connectivity index (χ0v) is 11.6. The number of rotatable bonds is 3. The molecule has 1 amide bonds. The molecular formula is C12H13BrF3NO. The highest BCUT2D eigenvalue weighted by Crippen LogP contribution is 2.23. The summed E-state index contributed by atoms with van der Waals surface area (Å²) >= 11 is 3.25. The van der Waals surface area contributed by atoms with Gasteiger partial charge in [-0.25, -0.2) is 0 Å². The Morgan fingerprint density at radius 3 is 2.50 bits per heavy atom. The van der Waals surface area contributed by atoms with E-state index in [9.17, 15) is 18.0 Å². The van der Waals surface area contributed by atoms with E-state index in [0.717, 1.165) is 4.90 Å². The summed E-state index contributed by atoms with van der Waals surface area (Å²) in [5.41, 5.74) is 0.929. The molecule has 0 bridgehead atoms. The van der Waals surface area contributed by atoms with E-state index in [4.69, 9.17) is 0 Å². The first-order valence-corrected chi connectivity index (χ1v) is 6.16. The minimum absolute atomic E-state index is 0.0182. The Morgan fingerprint density at radius 1 is 1.39 bits per heavy atom. The molecule has 1 aromatic carbocycles. The van der Waals surface area contributed by atoms with Gasteiger partial charge in [-0.1, -0.05) is 22.0 Å². The van der Waals surface area contributed by atoms with Crippen LogP contribution in [-0.4, -0.2) is 30.1 Å². The summed E-state index contributed by atoms with van der Waals surface area (Å²) in [7, 11) is 0. The number of amides is 1. The van der Waals surface area contributed by atoms with Crippen molar-refractivity contribution in [1.82, 2.24) is 4.90 Å². The van der Waals surface area contributed by atoms with Gasteiger partial charge in [0, 0.05) is 16.6 Å². The number of carbonyl (C=O) groups excluding carboxylic acids is 1. The maximum atomic E-state index is 12.3. The third kappa shape index (κ3) is 3.73. The van der Waals surface area contributed by atoms with E-state index in [0.29, 0.717) is 10.0 Å². The minimum Gasteiger partial charge on any atom is -0.330 e. The van der Waals surface area contributed by atoms with Crippen LogP contribution in [0.4, 0.5) is 13.2 Å². The third-order valence-corrected chi connectivity index (χ3v) is 3.40. The Bertz CT molecular complexity index is 445. The summed E-state index contributed by atoms with van der Waals surface area (Å²) in [6.07, 6.45) is -4.38. The van der Waals surface area contributed by atoms with Crippen molar-refractivity contribution in [1.29, 1.82) is 0 Å². The Kier molecular flexibility index (Phi) is 4.78. The van der Waals surface area contributed by atoms with Crippen LogP contribution in [0.5, 0.6) is 0 Å². The summed E-state index contributed by atoms with van der Waals surface area (Å²) in [6, 6.07) is 4.90. The lowest BCUT2D eigenvalue weighted by Crippen LogP contribution is -2.39. The molecule has 1 aromatic rings. The lowest BCUT2D eigenvalue weighted by molar-refractivity contribution is -0.140. The van der Waals surface area contributed by atoms with Gasteiger partial charge in [0.25, 0.3) is 5.91 Å². The molecule has 0 saturated carbocycles. The summed E-state index contributed by atoms with van der Waals surface area (Å²) in [5.74, 6) is -0.603. The molecule has 0 aliphatic carbocycles. The van der Waals surface area contributed by atoms with Crippen molar-refractivity contribution in [2.45, 2.75) is 20.0 Å². The molecule has 2 nitrogen and oxygen atoms in total. The van der Waals surface area contributed by atoms with Gasteiger partial charge in [0.15, 0.2) is 0 Å². The zero-order chi connectivity index (χ0) is 13.9. The Hall–Kier alpha value is -1.04. The van der Waals surface area contributed by atoms with Crippen LogP contribution in [-0.2, 0) is 0 Å². The molecule has 0 atom stereocenters. The van der Waals surface area contributed by atoms with Crippen LogP contribution in [0.3, 0.4) is 0 Å². The van der Waals surface area contributed by atoms with Crippen LogP contribution < -0.4 is 0 Å². The van der Waals surface area contributed by atoms with Gasteiger partial charge in [-0.05, 0) is 31.5 Å². The Labute approximate surface area is 112 Å². The second kappa shape index (κ2) is 5.73. The molecule has 100 valence electrons. The molecule has 0 radical (unpaired) electrons. The maximum Gasteiger partial charge on any atom is 0.406 e. The van der Waals surface area contributed by atoms with E-state index in [1.807, 2.05) is 0 Å². The van der Waals surface area contributed by atoms with E-state index in [1.165, 1.54) is 13.0 Å². The highest BCUT2D eigenvalue weighted by Gasteiger charge is 2.33. The fraction of sp³-hybridized carbons (Fsp3) is 0.417. The molecule has 0 spiro atoms. The van der Waals surface area contributed by atoms with Crippen LogP contribution in [0.1, 0.15) is 22.8 Å². The molecule has 6 heteroatoms. The molecule has 0 N–H and O–H groups in total. The number of benzene rings is 1. The second-order valence-electron chi connectivity index (χ2n) is 3.85. The number of hydrogen-bond donors (Lipinski definition) is 0. The van der Waals surface area contributed by atoms with Crippen LogP contribution >= 0.6 is 15.9 Å². The predicted octanol–water partition coefficient (Wildman–Crippen LogP) is 3.78. The normalized spacial score (nSPS) is 11.4. The van der Waals surface area contributed by atoms with Crippen molar-refractivity contribution in [2.24, 2.45) is 0 Å². The Morgan fingerprint density at radius 2 is 2.00 bits per heavy atom. The second-order valence-corrected chi connectivity index (χ2v) is 4.70. The van der Waals surface area contributed by atoms with Gasteiger partial charge in [0.05, 0.1) is 0 Å². The lowest BCUT2D eigenvalue weighted by atomic mass is 10.1. The van der Waals surface area contributed by atoms with Gasteiger partial charge >= 0.3 is 6.18 Å². The van der Waals surface area contributed by atoms with E-state index in [2.05, 4.69) is 15.9 Å². The van der Waals surface area contributed by atoms with E-state index in [1.54, 1.807) is 19.1 Å². The number of halogens is 4. The molecule has 0 aromatic heterocycles. The summed E-state index contributed by atoms with van der Waals surface area (Å²) in [4.78, 5) is 12.8. The van der Waals surface area contributed by atoms with Crippen molar-refractivity contribution >= 4 is 21.8 Å². The standard InChI is InChI=1S/C12H13BrF3NO/c1-3-17(7-12(14,15)16)11(18)9-5-4-6-10(13)8(9)2/h4-6H,3,7H2,1-2H3. The van der Waals surface area contributed by atoms with Gasteiger partial charge in [-0.3, -0.25) is 4.79 Å². The number of alkyl halides is 3. The average Bonchev–Trinajstić information content (AvgIpc) is 2.27. The van der Waals surface area contributed by atoms with Gasteiger partial charge in [-0.15, -0.1) is 0 Å². The van der Waals surface area contributed by atoms with Gasteiger partial charge in [-0.2, -0.15) is 13.2 Å².